The Labute approximate surface area is 125 Å². The molecule has 1 saturated carbocycles. The summed E-state index contributed by atoms with van der Waals surface area (Å²) >= 11 is 0. The summed E-state index contributed by atoms with van der Waals surface area (Å²) in [6, 6.07) is 6.10. The number of benzene rings is 1. The van der Waals surface area contributed by atoms with Crippen molar-refractivity contribution in [1.82, 2.24) is 0 Å². The lowest BCUT2D eigenvalue weighted by atomic mass is 9.89. The Kier molecular flexibility index (Phi) is 5.00. The number of primary sulfonamides is 1. The van der Waals surface area contributed by atoms with Crippen LogP contribution < -0.4 is 5.14 Å². The Morgan fingerprint density at radius 2 is 1.76 bits per heavy atom. The lowest BCUT2D eigenvalue weighted by molar-refractivity contribution is -0.154. The molecule has 0 aliphatic heterocycles. The smallest absolute Gasteiger partial charge is 0.309 e. The van der Waals surface area contributed by atoms with Gasteiger partial charge < -0.3 is 4.74 Å². The second-order valence-electron chi connectivity index (χ2n) is 5.53. The molecule has 0 radical (unpaired) electrons. The van der Waals surface area contributed by atoms with Crippen molar-refractivity contribution >= 4 is 16.0 Å². The first-order chi connectivity index (χ1) is 9.88. The van der Waals surface area contributed by atoms with E-state index in [0.717, 1.165) is 31.2 Å². The van der Waals surface area contributed by atoms with Crippen LogP contribution in [0.25, 0.3) is 0 Å². The average Bonchev–Trinajstić information content (AvgIpc) is 2.47. The number of rotatable bonds is 4. The number of hydrogen-bond acceptors (Lipinski definition) is 4. The molecule has 6 heteroatoms. The third kappa shape index (κ3) is 4.28. The summed E-state index contributed by atoms with van der Waals surface area (Å²) in [6.07, 6.45) is 4.75. The van der Waals surface area contributed by atoms with Crippen LogP contribution in [-0.2, 0) is 19.6 Å². The van der Waals surface area contributed by atoms with Crippen molar-refractivity contribution in [3.63, 3.8) is 0 Å². The van der Waals surface area contributed by atoms with Gasteiger partial charge in [-0.05, 0) is 37.5 Å². The van der Waals surface area contributed by atoms with E-state index in [9.17, 15) is 13.2 Å². The van der Waals surface area contributed by atoms with Gasteiger partial charge in [-0.1, -0.05) is 31.4 Å². The molecule has 1 atom stereocenters. The summed E-state index contributed by atoms with van der Waals surface area (Å²) in [5.41, 5.74) is 0.756. The van der Waals surface area contributed by atoms with Crippen molar-refractivity contribution in [1.29, 1.82) is 0 Å². The maximum atomic E-state index is 12.1. The highest BCUT2D eigenvalue weighted by Crippen LogP contribution is 2.27. The lowest BCUT2D eigenvalue weighted by Gasteiger charge is -2.22. The van der Waals surface area contributed by atoms with E-state index in [0.29, 0.717) is 0 Å². The van der Waals surface area contributed by atoms with Gasteiger partial charge in [0.25, 0.3) is 0 Å². The van der Waals surface area contributed by atoms with Crippen molar-refractivity contribution in [2.45, 2.75) is 50.0 Å². The van der Waals surface area contributed by atoms with E-state index < -0.39 is 16.1 Å². The van der Waals surface area contributed by atoms with Crippen molar-refractivity contribution < 1.29 is 17.9 Å². The fraction of sp³-hybridized carbons (Fsp3) is 0.533. The van der Waals surface area contributed by atoms with Gasteiger partial charge in [-0.15, -0.1) is 0 Å². The minimum atomic E-state index is -3.69. The van der Waals surface area contributed by atoms with Crippen LogP contribution >= 0.6 is 0 Å². The molecule has 1 aromatic rings. The maximum absolute atomic E-state index is 12.1. The van der Waals surface area contributed by atoms with Gasteiger partial charge in [-0.25, -0.2) is 13.6 Å². The van der Waals surface area contributed by atoms with E-state index in [4.69, 9.17) is 9.88 Å². The van der Waals surface area contributed by atoms with Crippen molar-refractivity contribution in [2.75, 3.05) is 0 Å². The van der Waals surface area contributed by atoms with Gasteiger partial charge in [0.15, 0.2) is 0 Å². The molecule has 2 N–H and O–H groups in total. The number of carbonyl (C=O) groups is 1. The van der Waals surface area contributed by atoms with Crippen LogP contribution in [0.1, 0.15) is 50.7 Å². The molecule has 1 unspecified atom stereocenters. The summed E-state index contributed by atoms with van der Waals surface area (Å²) < 4.78 is 27.9. The molecule has 21 heavy (non-hydrogen) atoms. The average molecular weight is 311 g/mol. The molecule has 0 bridgehead atoms. The monoisotopic (exact) mass is 311 g/mol. The second kappa shape index (κ2) is 6.58. The number of ether oxygens (including phenoxy) is 1. The third-order valence-corrected chi connectivity index (χ3v) is 4.84. The molecule has 0 amide bonds. The highest BCUT2D eigenvalue weighted by atomic mass is 32.2. The summed E-state index contributed by atoms with van der Waals surface area (Å²) in [4.78, 5) is 12.1. The van der Waals surface area contributed by atoms with E-state index in [1.807, 2.05) is 0 Å². The molecule has 116 valence electrons. The highest BCUT2D eigenvalue weighted by Gasteiger charge is 2.24. The van der Waals surface area contributed by atoms with Crippen molar-refractivity contribution in [3.05, 3.63) is 29.8 Å². The first-order valence-corrected chi connectivity index (χ1v) is 8.76. The van der Waals surface area contributed by atoms with Crippen LogP contribution in [0.2, 0.25) is 0 Å². The van der Waals surface area contributed by atoms with Crippen LogP contribution in [0.15, 0.2) is 29.2 Å². The van der Waals surface area contributed by atoms with Gasteiger partial charge in [0, 0.05) is 0 Å². The zero-order chi connectivity index (χ0) is 15.5. The molecule has 2 rings (SSSR count). The number of nitrogens with two attached hydrogens (primary N) is 1. The molecular formula is C15H21NO4S. The first kappa shape index (κ1) is 16.0. The number of sulfonamides is 1. The quantitative estimate of drug-likeness (QED) is 0.866. The van der Waals surface area contributed by atoms with Crippen molar-refractivity contribution in [2.24, 2.45) is 11.1 Å². The summed E-state index contributed by atoms with van der Waals surface area (Å²) in [5.74, 6) is -0.150. The van der Waals surface area contributed by atoms with E-state index in [1.54, 1.807) is 19.1 Å². The highest BCUT2D eigenvalue weighted by molar-refractivity contribution is 7.89. The predicted octanol–water partition coefficient (Wildman–Crippen LogP) is 2.52. The normalized spacial score (nSPS) is 18.2. The van der Waals surface area contributed by atoms with Crippen LogP contribution in [0.4, 0.5) is 0 Å². The van der Waals surface area contributed by atoms with E-state index >= 15 is 0 Å². The number of hydrogen-bond donors (Lipinski definition) is 1. The van der Waals surface area contributed by atoms with E-state index in [1.165, 1.54) is 18.6 Å². The van der Waals surface area contributed by atoms with Crippen molar-refractivity contribution in [3.8, 4) is 0 Å². The molecule has 1 aromatic carbocycles. The van der Waals surface area contributed by atoms with Gasteiger partial charge in [-0.3, -0.25) is 4.79 Å². The Morgan fingerprint density at radius 3 is 2.29 bits per heavy atom. The van der Waals surface area contributed by atoms with E-state index in [-0.39, 0.29) is 16.8 Å². The zero-order valence-electron chi connectivity index (χ0n) is 12.1. The topological polar surface area (TPSA) is 86.5 Å². The lowest BCUT2D eigenvalue weighted by Crippen LogP contribution is -2.21. The maximum Gasteiger partial charge on any atom is 0.309 e. The van der Waals surface area contributed by atoms with Gasteiger partial charge in [0.05, 0.1) is 10.8 Å². The SMILES string of the molecule is CC(OC(=O)C1CCCCC1)c1ccc(S(N)(=O)=O)cc1. The summed E-state index contributed by atoms with van der Waals surface area (Å²) in [5, 5.41) is 5.05. The van der Waals surface area contributed by atoms with Gasteiger partial charge in [0.2, 0.25) is 10.0 Å². The molecule has 1 aliphatic rings. The van der Waals surface area contributed by atoms with Crippen LogP contribution in [0.3, 0.4) is 0 Å². The fourth-order valence-electron chi connectivity index (χ4n) is 2.61. The predicted molar refractivity (Wildman–Crippen MR) is 78.9 cm³/mol. The number of esters is 1. The molecule has 0 spiro atoms. The van der Waals surface area contributed by atoms with E-state index in [2.05, 4.69) is 0 Å². The molecular weight excluding hydrogens is 290 g/mol. The van der Waals surface area contributed by atoms with Crippen LogP contribution in [0.5, 0.6) is 0 Å². The Morgan fingerprint density at radius 1 is 1.19 bits per heavy atom. The van der Waals surface area contributed by atoms with Gasteiger partial charge in [-0.2, -0.15) is 0 Å². The third-order valence-electron chi connectivity index (χ3n) is 3.91. The van der Waals surface area contributed by atoms with Crippen LogP contribution in [0, 0.1) is 5.92 Å². The molecule has 0 aromatic heterocycles. The minimum Gasteiger partial charge on any atom is -0.458 e. The molecule has 5 nitrogen and oxygen atoms in total. The molecule has 1 fully saturated rings. The standard InChI is InChI=1S/C15H21NO4S/c1-11(20-15(17)13-5-3-2-4-6-13)12-7-9-14(10-8-12)21(16,18)19/h7-11,13H,2-6H2,1H3,(H2,16,18,19). The second-order valence-corrected chi connectivity index (χ2v) is 7.09. The number of carbonyl (C=O) groups excluding carboxylic acids is 1. The Bertz CT molecular complexity index is 589. The van der Waals surface area contributed by atoms with Gasteiger partial charge in [0.1, 0.15) is 6.10 Å². The molecule has 1 aliphatic carbocycles. The minimum absolute atomic E-state index is 0.00453. The molecule has 0 saturated heterocycles. The largest absolute Gasteiger partial charge is 0.458 e. The van der Waals surface area contributed by atoms with Crippen LogP contribution in [-0.4, -0.2) is 14.4 Å². The van der Waals surface area contributed by atoms with Gasteiger partial charge >= 0.3 is 5.97 Å². The summed E-state index contributed by atoms with van der Waals surface area (Å²) in [6.45, 7) is 1.78. The fourth-order valence-corrected chi connectivity index (χ4v) is 3.12. The Hall–Kier alpha value is -1.40. The Balaban J connectivity index is 1.99. The molecule has 0 heterocycles. The zero-order valence-corrected chi connectivity index (χ0v) is 12.9. The summed E-state index contributed by atoms with van der Waals surface area (Å²) in [7, 11) is -3.69. The first-order valence-electron chi connectivity index (χ1n) is 7.21.